The van der Waals surface area contributed by atoms with E-state index in [1.165, 1.54) is 12.1 Å². The molecule has 1 amide bonds. The first kappa shape index (κ1) is 21.8. The second-order valence-corrected chi connectivity index (χ2v) is 9.36. The smallest absolute Gasteiger partial charge is 0.254 e. The van der Waals surface area contributed by atoms with Crippen molar-refractivity contribution in [1.82, 2.24) is 5.32 Å². The molecule has 1 atom stereocenters. The number of fused-ring (bicyclic) bond motifs is 1. The summed E-state index contributed by atoms with van der Waals surface area (Å²) in [6.45, 7) is 10.7. The number of aryl methyl sites for hydroxylation is 2. The largest absolute Gasteiger partial charge is 0.466 e. The Morgan fingerprint density at radius 3 is 2.41 bits per heavy atom. The minimum Gasteiger partial charge on any atom is -0.466 e. The van der Waals surface area contributed by atoms with Crippen LogP contribution in [-0.2, 0) is 6.54 Å². The second-order valence-electron chi connectivity index (χ2n) is 9.36. The van der Waals surface area contributed by atoms with Crippen molar-refractivity contribution in [2.24, 2.45) is 5.41 Å². The molecule has 1 aliphatic rings. The predicted molar refractivity (Wildman–Crippen MR) is 121 cm³/mol. The van der Waals surface area contributed by atoms with Crippen molar-refractivity contribution in [2.75, 3.05) is 17.2 Å². The minimum absolute atomic E-state index is 0.0403. The molecule has 8 heteroatoms. The summed E-state index contributed by atoms with van der Waals surface area (Å²) in [4.78, 5) is 36.7. The number of rotatable bonds is 6. The summed E-state index contributed by atoms with van der Waals surface area (Å²) in [5.41, 5.74) is 0.140. The lowest BCUT2D eigenvalue weighted by Gasteiger charge is -2.30. The van der Waals surface area contributed by atoms with Crippen LogP contribution < -0.4 is 26.8 Å². The van der Waals surface area contributed by atoms with Crippen LogP contribution in [0.15, 0.2) is 32.2 Å². The maximum absolute atomic E-state index is 14.5. The van der Waals surface area contributed by atoms with E-state index in [-0.39, 0.29) is 40.5 Å². The van der Waals surface area contributed by atoms with Crippen molar-refractivity contribution in [1.29, 1.82) is 0 Å². The van der Waals surface area contributed by atoms with Crippen molar-refractivity contribution in [3.63, 3.8) is 0 Å². The molecule has 0 radical (unpaired) electrons. The quantitative estimate of drug-likeness (QED) is 0.505. The average Bonchev–Trinajstić information content (AvgIpc) is 3.26. The molecule has 3 aromatic rings. The third-order valence-corrected chi connectivity index (χ3v) is 6.12. The van der Waals surface area contributed by atoms with E-state index >= 15 is 0 Å². The van der Waals surface area contributed by atoms with Crippen molar-refractivity contribution >= 4 is 23.0 Å². The maximum Gasteiger partial charge on any atom is 0.254 e. The molecule has 7 nitrogen and oxygen atoms in total. The SMILES string of the molecule is Cc1cc(C(CNc2c(Nc3c(F)ccc4c3C(=O)NC4)c(=O)c2=O)C(C)(C)C)oc1C. The van der Waals surface area contributed by atoms with E-state index in [4.69, 9.17) is 4.42 Å². The summed E-state index contributed by atoms with van der Waals surface area (Å²) in [5, 5.41) is 8.41. The van der Waals surface area contributed by atoms with Gasteiger partial charge in [0.2, 0.25) is 0 Å². The summed E-state index contributed by atoms with van der Waals surface area (Å²) >= 11 is 0. The normalized spacial score (nSPS) is 14.4. The Labute approximate surface area is 184 Å². The first-order chi connectivity index (χ1) is 15.0. The molecule has 4 rings (SSSR count). The molecule has 2 heterocycles. The number of halogens is 1. The molecule has 0 aliphatic carbocycles. The van der Waals surface area contributed by atoms with Crippen molar-refractivity contribution in [3.05, 3.63) is 72.7 Å². The summed E-state index contributed by atoms with van der Waals surface area (Å²) in [6.07, 6.45) is 0. The summed E-state index contributed by atoms with van der Waals surface area (Å²) < 4.78 is 20.4. The highest BCUT2D eigenvalue weighted by atomic mass is 19.1. The number of amides is 1. The van der Waals surface area contributed by atoms with Gasteiger partial charge in [-0.3, -0.25) is 14.4 Å². The molecule has 1 aliphatic heterocycles. The van der Waals surface area contributed by atoms with Crippen LogP contribution in [0.2, 0.25) is 0 Å². The molecule has 32 heavy (non-hydrogen) atoms. The van der Waals surface area contributed by atoms with Gasteiger partial charge >= 0.3 is 0 Å². The molecular formula is C24H26FN3O4. The zero-order chi connectivity index (χ0) is 23.4. The Bertz CT molecular complexity index is 1270. The fourth-order valence-corrected chi connectivity index (χ4v) is 4.03. The third kappa shape index (κ3) is 3.59. The highest BCUT2D eigenvalue weighted by Crippen LogP contribution is 2.38. The molecule has 0 spiro atoms. The van der Waals surface area contributed by atoms with Gasteiger partial charge in [0.05, 0.1) is 11.3 Å². The monoisotopic (exact) mass is 439 g/mol. The van der Waals surface area contributed by atoms with Gasteiger partial charge in [-0.1, -0.05) is 26.8 Å². The highest BCUT2D eigenvalue weighted by Gasteiger charge is 2.32. The van der Waals surface area contributed by atoms with Crippen LogP contribution in [0.1, 0.15) is 59.7 Å². The first-order valence-corrected chi connectivity index (χ1v) is 10.5. The van der Waals surface area contributed by atoms with Crippen molar-refractivity contribution in [3.8, 4) is 0 Å². The lowest BCUT2D eigenvalue weighted by molar-refractivity contribution is 0.0966. The minimum atomic E-state index is -0.750. The molecule has 168 valence electrons. The molecule has 2 aromatic carbocycles. The molecular weight excluding hydrogens is 413 g/mol. The molecule has 0 bridgehead atoms. The van der Waals surface area contributed by atoms with E-state index in [2.05, 4.69) is 36.7 Å². The van der Waals surface area contributed by atoms with Gasteiger partial charge in [0.25, 0.3) is 16.8 Å². The number of furan rings is 1. The number of carbonyl (C=O) groups is 1. The van der Waals surface area contributed by atoms with Gasteiger partial charge in [0, 0.05) is 19.0 Å². The number of hydrogen-bond donors (Lipinski definition) is 3. The van der Waals surface area contributed by atoms with E-state index in [1.807, 2.05) is 19.9 Å². The van der Waals surface area contributed by atoms with Crippen LogP contribution in [0.4, 0.5) is 21.5 Å². The molecule has 1 unspecified atom stereocenters. The standard InChI is InChI=1S/C24H26FN3O4/c1-11-8-16(32-12(11)2)14(24(3,4)5)10-26-19-20(22(30)21(19)29)28-18-15(25)7-6-13-9-27-23(31)17(13)18/h6-8,14,26,28H,9-10H2,1-5H3,(H,27,31). The maximum atomic E-state index is 14.5. The molecule has 0 fully saturated rings. The Kier molecular flexibility index (Phi) is 5.19. The molecule has 1 aromatic heterocycles. The molecule has 3 N–H and O–H groups in total. The number of anilines is 3. The van der Waals surface area contributed by atoms with E-state index in [1.54, 1.807) is 0 Å². The van der Waals surface area contributed by atoms with Crippen LogP contribution in [-0.4, -0.2) is 12.5 Å². The van der Waals surface area contributed by atoms with E-state index in [0.29, 0.717) is 12.1 Å². The van der Waals surface area contributed by atoms with E-state index in [0.717, 1.165) is 17.1 Å². The Hall–Kier alpha value is -3.42. The van der Waals surface area contributed by atoms with Crippen LogP contribution in [0.5, 0.6) is 0 Å². The van der Waals surface area contributed by atoms with Crippen molar-refractivity contribution < 1.29 is 13.6 Å². The third-order valence-electron chi connectivity index (χ3n) is 6.12. The van der Waals surface area contributed by atoms with Gasteiger partial charge in [0.15, 0.2) is 0 Å². The fourth-order valence-electron chi connectivity index (χ4n) is 4.03. The van der Waals surface area contributed by atoms with Gasteiger partial charge in [-0.25, -0.2) is 4.39 Å². The summed E-state index contributed by atoms with van der Waals surface area (Å²) in [5.74, 6) is 0.435. The van der Waals surface area contributed by atoms with Gasteiger partial charge in [-0.15, -0.1) is 0 Å². The zero-order valence-electron chi connectivity index (χ0n) is 18.7. The number of nitrogens with one attached hydrogen (secondary N) is 3. The molecule has 0 saturated carbocycles. The summed E-state index contributed by atoms with van der Waals surface area (Å²) in [6, 6.07) is 4.74. The van der Waals surface area contributed by atoms with Crippen LogP contribution in [0.3, 0.4) is 0 Å². The van der Waals surface area contributed by atoms with Gasteiger partial charge in [-0.2, -0.15) is 0 Å². The van der Waals surface area contributed by atoms with E-state index in [9.17, 15) is 18.8 Å². The van der Waals surface area contributed by atoms with Gasteiger partial charge in [-0.05, 0) is 42.5 Å². The summed E-state index contributed by atoms with van der Waals surface area (Å²) in [7, 11) is 0. The number of carbonyl (C=O) groups excluding carboxylic acids is 1. The van der Waals surface area contributed by atoms with E-state index < -0.39 is 22.6 Å². The number of benzene rings is 1. The lowest BCUT2D eigenvalue weighted by Crippen LogP contribution is -2.38. The van der Waals surface area contributed by atoms with Crippen molar-refractivity contribution in [2.45, 2.75) is 47.1 Å². The topological polar surface area (TPSA) is 100 Å². The average molecular weight is 439 g/mol. The zero-order valence-corrected chi connectivity index (χ0v) is 18.7. The second kappa shape index (κ2) is 7.62. The Balaban J connectivity index is 1.62. The first-order valence-electron chi connectivity index (χ1n) is 10.5. The fraction of sp³-hybridized carbons (Fsp3) is 0.375. The molecule has 0 saturated heterocycles. The lowest BCUT2D eigenvalue weighted by atomic mass is 9.79. The Morgan fingerprint density at radius 1 is 1.09 bits per heavy atom. The van der Waals surface area contributed by atoms with Gasteiger partial charge in [0.1, 0.15) is 28.7 Å². The van der Waals surface area contributed by atoms with Crippen LogP contribution >= 0.6 is 0 Å². The highest BCUT2D eigenvalue weighted by molar-refractivity contribution is 6.04. The van der Waals surface area contributed by atoms with Crippen LogP contribution in [0, 0.1) is 25.1 Å². The van der Waals surface area contributed by atoms with Gasteiger partial charge < -0.3 is 20.4 Å². The predicted octanol–water partition coefficient (Wildman–Crippen LogP) is 3.86. The Morgan fingerprint density at radius 2 is 1.78 bits per heavy atom. The number of hydrogen-bond acceptors (Lipinski definition) is 6. The van der Waals surface area contributed by atoms with Crippen LogP contribution in [0.25, 0.3) is 0 Å².